The van der Waals surface area contributed by atoms with Gasteiger partial charge >= 0.3 is 0 Å². The smallest absolute Gasteiger partial charge is 0.125 e. The van der Waals surface area contributed by atoms with Crippen LogP contribution in [0.25, 0.3) is 0 Å². The molecule has 3 heteroatoms. The van der Waals surface area contributed by atoms with Crippen LogP contribution < -0.4 is 0 Å². The van der Waals surface area contributed by atoms with E-state index in [1.54, 1.807) is 12.1 Å². The van der Waals surface area contributed by atoms with Crippen LogP contribution in [0.1, 0.15) is 136 Å². The molecule has 50 heavy (non-hydrogen) atoms. The van der Waals surface area contributed by atoms with Crippen LogP contribution in [-0.4, -0.2) is 20.9 Å². The SMILES string of the molecule is C#Cc1ccc(C(CC)(CC)c2ccc(O)c(C)c2)cc1C.CCC(O)(C#Cc1ccc(C(CC)(CC)c2ccc(O)c(C)c2)cc1C)CC. The summed E-state index contributed by atoms with van der Waals surface area (Å²) in [4.78, 5) is 0. The molecular formula is C47H58O3. The van der Waals surface area contributed by atoms with Crippen molar-refractivity contribution in [1.29, 1.82) is 0 Å². The highest BCUT2D eigenvalue weighted by molar-refractivity contribution is 5.51. The normalized spacial score (nSPS) is 11.6. The summed E-state index contributed by atoms with van der Waals surface area (Å²) in [6.07, 6.45) is 10.8. The third-order valence-electron chi connectivity index (χ3n) is 11.2. The van der Waals surface area contributed by atoms with Crippen LogP contribution in [0.15, 0.2) is 72.8 Å². The minimum Gasteiger partial charge on any atom is -0.508 e. The Hall–Kier alpha value is -4.44. The Morgan fingerprint density at radius 1 is 0.500 bits per heavy atom. The molecule has 0 fully saturated rings. The lowest BCUT2D eigenvalue weighted by Gasteiger charge is -2.34. The highest BCUT2D eigenvalue weighted by Gasteiger charge is 2.32. The maximum atomic E-state index is 10.4. The van der Waals surface area contributed by atoms with Crippen molar-refractivity contribution in [3.05, 3.63) is 128 Å². The zero-order chi connectivity index (χ0) is 37.3. The fraction of sp³-hybridized carbons (Fsp3) is 0.404. The van der Waals surface area contributed by atoms with E-state index in [1.165, 1.54) is 22.3 Å². The molecule has 4 aromatic rings. The summed E-state index contributed by atoms with van der Waals surface area (Å²) < 4.78 is 0. The molecule has 0 saturated carbocycles. The first kappa shape index (κ1) is 40.0. The van der Waals surface area contributed by atoms with Gasteiger partial charge in [0.1, 0.15) is 17.1 Å². The van der Waals surface area contributed by atoms with Gasteiger partial charge in [0.05, 0.1) is 0 Å². The van der Waals surface area contributed by atoms with Crippen LogP contribution in [0.4, 0.5) is 0 Å². The maximum Gasteiger partial charge on any atom is 0.125 e. The van der Waals surface area contributed by atoms with Crippen molar-refractivity contribution in [3.63, 3.8) is 0 Å². The minimum absolute atomic E-state index is 0.0453. The molecule has 0 atom stereocenters. The van der Waals surface area contributed by atoms with Gasteiger partial charge in [-0.25, -0.2) is 0 Å². The molecule has 0 aliphatic rings. The van der Waals surface area contributed by atoms with E-state index in [0.717, 1.165) is 59.1 Å². The van der Waals surface area contributed by atoms with Gasteiger partial charge in [0, 0.05) is 22.0 Å². The molecule has 0 unspecified atom stereocenters. The van der Waals surface area contributed by atoms with Crippen LogP contribution in [0.5, 0.6) is 11.5 Å². The van der Waals surface area contributed by atoms with Crippen molar-refractivity contribution in [2.45, 2.75) is 124 Å². The summed E-state index contributed by atoms with van der Waals surface area (Å²) in [5.41, 5.74) is 10.00. The van der Waals surface area contributed by atoms with Gasteiger partial charge in [0.15, 0.2) is 0 Å². The lowest BCUT2D eigenvalue weighted by molar-refractivity contribution is 0.0931. The molecule has 0 aliphatic carbocycles. The molecule has 0 bridgehead atoms. The van der Waals surface area contributed by atoms with E-state index in [-0.39, 0.29) is 10.8 Å². The number of hydrogen-bond donors (Lipinski definition) is 3. The van der Waals surface area contributed by atoms with Crippen molar-refractivity contribution in [3.8, 4) is 35.7 Å². The summed E-state index contributed by atoms with van der Waals surface area (Å²) >= 11 is 0. The van der Waals surface area contributed by atoms with Crippen molar-refractivity contribution >= 4 is 0 Å². The first-order chi connectivity index (χ1) is 23.7. The fourth-order valence-electron chi connectivity index (χ4n) is 7.21. The van der Waals surface area contributed by atoms with E-state index in [0.29, 0.717) is 24.3 Å². The van der Waals surface area contributed by atoms with E-state index in [2.05, 4.69) is 102 Å². The Balaban J connectivity index is 0.000000278. The number of hydrogen-bond acceptors (Lipinski definition) is 3. The second-order valence-corrected chi connectivity index (χ2v) is 13.8. The molecule has 3 N–H and O–H groups in total. The molecular weight excluding hydrogens is 613 g/mol. The van der Waals surface area contributed by atoms with Crippen molar-refractivity contribution in [2.24, 2.45) is 0 Å². The van der Waals surface area contributed by atoms with Crippen molar-refractivity contribution in [1.82, 2.24) is 0 Å². The highest BCUT2D eigenvalue weighted by atomic mass is 16.3. The van der Waals surface area contributed by atoms with Gasteiger partial charge < -0.3 is 15.3 Å². The Morgan fingerprint density at radius 2 is 0.840 bits per heavy atom. The number of aliphatic hydroxyl groups is 1. The standard InChI is InChI=1S/C26H34O2.C21H24O/c1-7-25(28,8-2)16-15-21-11-12-22(17-19(21)5)26(9-3,10-4)23-13-14-24(27)20(6)18-23;1-6-17-9-10-18(13-15(17)4)21(7-2,8-3)19-11-12-20(22)16(5)14-19/h11-14,17-18,27-28H,7-10H2,1-6H3;1,9-14,22H,7-8H2,2-5H3. The van der Waals surface area contributed by atoms with Gasteiger partial charge in [0.2, 0.25) is 0 Å². The molecule has 0 aliphatic heterocycles. The molecule has 3 nitrogen and oxygen atoms in total. The van der Waals surface area contributed by atoms with E-state index in [9.17, 15) is 15.3 Å². The quantitative estimate of drug-likeness (QED) is 0.147. The van der Waals surface area contributed by atoms with Gasteiger partial charge in [-0.1, -0.05) is 108 Å². The summed E-state index contributed by atoms with van der Waals surface area (Å²) in [5, 5.41) is 30.2. The number of terminal acetylenes is 1. The van der Waals surface area contributed by atoms with Gasteiger partial charge in [0.25, 0.3) is 0 Å². The van der Waals surface area contributed by atoms with Crippen LogP contribution in [0.2, 0.25) is 0 Å². The van der Waals surface area contributed by atoms with Gasteiger partial charge in [-0.05, 0) is 135 Å². The first-order valence-corrected chi connectivity index (χ1v) is 18.3. The van der Waals surface area contributed by atoms with Crippen LogP contribution in [0.3, 0.4) is 0 Å². The first-order valence-electron chi connectivity index (χ1n) is 18.3. The number of phenolic OH excluding ortho intramolecular Hbond substituents is 2. The molecule has 0 heterocycles. The second-order valence-electron chi connectivity index (χ2n) is 13.8. The van der Waals surface area contributed by atoms with E-state index in [4.69, 9.17) is 6.42 Å². The lowest BCUT2D eigenvalue weighted by atomic mass is 9.70. The number of aromatic hydroxyl groups is 2. The Morgan fingerprint density at radius 3 is 1.14 bits per heavy atom. The molecule has 0 spiro atoms. The zero-order valence-electron chi connectivity index (χ0n) is 32.1. The zero-order valence-corrected chi connectivity index (χ0v) is 32.1. The van der Waals surface area contributed by atoms with Crippen LogP contribution in [0, 0.1) is 51.9 Å². The molecule has 4 aromatic carbocycles. The molecule has 0 aromatic heterocycles. The number of rotatable bonds is 10. The predicted octanol–water partition coefficient (Wildman–Crippen LogP) is 11.1. The number of benzene rings is 4. The Kier molecular flexibility index (Phi) is 13.6. The van der Waals surface area contributed by atoms with Gasteiger partial charge in [-0.2, -0.15) is 0 Å². The summed E-state index contributed by atoms with van der Waals surface area (Å²) in [7, 11) is 0. The highest BCUT2D eigenvalue weighted by Crippen LogP contribution is 2.42. The minimum atomic E-state index is -0.911. The molecule has 4 rings (SSSR count). The fourth-order valence-corrected chi connectivity index (χ4v) is 7.21. The van der Waals surface area contributed by atoms with E-state index < -0.39 is 5.60 Å². The molecule has 0 radical (unpaired) electrons. The largest absolute Gasteiger partial charge is 0.508 e. The third kappa shape index (κ3) is 8.29. The van der Waals surface area contributed by atoms with Gasteiger partial charge in [-0.15, -0.1) is 6.42 Å². The average molecular weight is 671 g/mol. The Labute approximate surface area is 302 Å². The summed E-state index contributed by atoms with van der Waals surface area (Å²) in [6, 6.07) is 24.8. The van der Waals surface area contributed by atoms with E-state index in [1.807, 2.05) is 45.9 Å². The van der Waals surface area contributed by atoms with Crippen molar-refractivity contribution in [2.75, 3.05) is 0 Å². The monoisotopic (exact) mass is 670 g/mol. The van der Waals surface area contributed by atoms with E-state index >= 15 is 0 Å². The van der Waals surface area contributed by atoms with Crippen LogP contribution in [-0.2, 0) is 10.8 Å². The summed E-state index contributed by atoms with van der Waals surface area (Å²) in [5.74, 6) is 9.68. The third-order valence-corrected chi connectivity index (χ3v) is 11.2. The topological polar surface area (TPSA) is 60.7 Å². The number of aryl methyl sites for hydroxylation is 4. The number of phenols is 2. The predicted molar refractivity (Wildman–Crippen MR) is 211 cm³/mol. The maximum absolute atomic E-state index is 10.4. The Bertz CT molecular complexity index is 1870. The average Bonchev–Trinajstić information content (AvgIpc) is 3.12. The summed E-state index contributed by atoms with van der Waals surface area (Å²) in [6.45, 7) is 20.8. The lowest BCUT2D eigenvalue weighted by Crippen LogP contribution is -2.26. The molecule has 264 valence electrons. The second kappa shape index (κ2) is 17.0. The molecule has 0 saturated heterocycles. The molecule has 0 amide bonds. The van der Waals surface area contributed by atoms with Crippen molar-refractivity contribution < 1.29 is 15.3 Å². The van der Waals surface area contributed by atoms with Crippen LogP contribution >= 0.6 is 0 Å². The van der Waals surface area contributed by atoms with Gasteiger partial charge in [-0.3, -0.25) is 0 Å².